The molecule has 0 aliphatic heterocycles. The van der Waals surface area contributed by atoms with E-state index < -0.39 is 14.8 Å². The standard InChI is InChI=1S/C14H11ClN2O5S/c1-23(21,22)12-6-11(18)13(15)14-9(12)5-7-4-8(17(19)20)2-3-10(7)16-14/h2-3,5,18H,4,6H2,1H3. The van der Waals surface area contributed by atoms with Gasteiger partial charge in [-0.3, -0.25) is 10.1 Å². The molecule has 1 aromatic rings. The Kier molecular flexibility index (Phi) is 3.53. The van der Waals surface area contributed by atoms with Crippen LogP contribution in [0.25, 0.3) is 16.0 Å². The summed E-state index contributed by atoms with van der Waals surface area (Å²) in [5, 5.41) is 21.5. The summed E-state index contributed by atoms with van der Waals surface area (Å²) in [5.74, 6) is -0.260. The third-order valence-electron chi connectivity index (χ3n) is 3.71. The Bertz CT molecular complexity index is 1040. The number of aliphatic hydroxyl groups excluding tert-OH is 1. The highest BCUT2D eigenvalue weighted by Gasteiger charge is 2.26. The molecule has 0 spiro atoms. The summed E-state index contributed by atoms with van der Waals surface area (Å²) in [6.07, 6.45) is 3.69. The average Bonchev–Trinajstić information content (AvgIpc) is 2.47. The molecular weight excluding hydrogens is 344 g/mol. The van der Waals surface area contributed by atoms with Crippen LogP contribution in [0.2, 0.25) is 0 Å². The Morgan fingerprint density at radius 2 is 2.04 bits per heavy atom. The maximum absolute atomic E-state index is 12.0. The van der Waals surface area contributed by atoms with E-state index in [9.17, 15) is 23.6 Å². The van der Waals surface area contributed by atoms with Crippen molar-refractivity contribution in [2.75, 3.05) is 6.26 Å². The number of sulfone groups is 1. The van der Waals surface area contributed by atoms with E-state index in [1.54, 1.807) is 6.07 Å². The number of aliphatic hydroxyl groups is 1. The molecule has 0 unspecified atom stereocenters. The lowest BCUT2D eigenvalue weighted by Crippen LogP contribution is -2.31. The molecular formula is C14H11ClN2O5S. The van der Waals surface area contributed by atoms with E-state index in [-0.39, 0.29) is 45.1 Å². The molecule has 2 aliphatic rings. The maximum atomic E-state index is 12.0. The Morgan fingerprint density at radius 1 is 1.35 bits per heavy atom. The first-order valence-corrected chi connectivity index (χ1v) is 8.82. The highest BCUT2D eigenvalue weighted by atomic mass is 35.5. The van der Waals surface area contributed by atoms with Crippen LogP contribution >= 0.6 is 11.6 Å². The van der Waals surface area contributed by atoms with Crippen LogP contribution in [-0.4, -0.2) is 29.7 Å². The van der Waals surface area contributed by atoms with Crippen molar-refractivity contribution in [3.05, 3.63) is 55.5 Å². The van der Waals surface area contributed by atoms with Crippen LogP contribution in [0.15, 0.2) is 23.6 Å². The van der Waals surface area contributed by atoms with E-state index in [0.29, 0.717) is 10.9 Å². The number of fused-ring (bicyclic) bond motifs is 2. The quantitative estimate of drug-likeness (QED) is 0.615. The molecule has 0 amide bonds. The second kappa shape index (κ2) is 5.17. The Morgan fingerprint density at radius 3 is 2.65 bits per heavy atom. The molecule has 3 rings (SSSR count). The normalized spacial score (nSPS) is 17.1. The van der Waals surface area contributed by atoms with Crippen LogP contribution in [0.1, 0.15) is 17.7 Å². The van der Waals surface area contributed by atoms with E-state index in [4.69, 9.17) is 11.6 Å². The monoisotopic (exact) mass is 354 g/mol. The third-order valence-corrected chi connectivity index (χ3v) is 5.37. The lowest BCUT2D eigenvalue weighted by Gasteiger charge is -2.16. The Balaban J connectivity index is 2.37. The molecule has 0 fully saturated rings. The smallest absolute Gasteiger partial charge is 0.250 e. The fraction of sp³-hybridized carbons (Fsp3) is 0.214. The molecule has 0 saturated carbocycles. The van der Waals surface area contributed by atoms with E-state index in [2.05, 4.69) is 4.98 Å². The van der Waals surface area contributed by atoms with Gasteiger partial charge in [-0.15, -0.1) is 0 Å². The van der Waals surface area contributed by atoms with Crippen LogP contribution in [0.3, 0.4) is 0 Å². The number of rotatable bonds is 2. The van der Waals surface area contributed by atoms with Gasteiger partial charge in [0.15, 0.2) is 9.84 Å². The topological polar surface area (TPSA) is 110 Å². The zero-order valence-corrected chi connectivity index (χ0v) is 13.5. The van der Waals surface area contributed by atoms with Crippen molar-refractivity contribution in [3.63, 3.8) is 0 Å². The van der Waals surface area contributed by atoms with Gasteiger partial charge >= 0.3 is 0 Å². The zero-order chi connectivity index (χ0) is 16.9. The summed E-state index contributed by atoms with van der Waals surface area (Å²) in [6.45, 7) is 0. The predicted molar refractivity (Wildman–Crippen MR) is 85.0 cm³/mol. The minimum absolute atomic E-state index is 0.000418. The lowest BCUT2D eigenvalue weighted by atomic mass is 10.0. The van der Waals surface area contributed by atoms with Crippen molar-refractivity contribution in [2.45, 2.75) is 12.8 Å². The summed E-state index contributed by atoms with van der Waals surface area (Å²) in [5.41, 5.74) is 0.717. The first-order valence-electron chi connectivity index (χ1n) is 6.55. The highest BCUT2D eigenvalue weighted by molar-refractivity contribution is 7.99. The third kappa shape index (κ3) is 2.64. The van der Waals surface area contributed by atoms with Gasteiger partial charge in [0.1, 0.15) is 10.8 Å². The lowest BCUT2D eigenvalue weighted by molar-refractivity contribution is -0.427. The minimum Gasteiger partial charge on any atom is -0.510 e. The van der Waals surface area contributed by atoms with E-state index in [1.165, 1.54) is 12.2 Å². The second-order valence-corrected chi connectivity index (χ2v) is 7.74. The largest absolute Gasteiger partial charge is 0.510 e. The van der Waals surface area contributed by atoms with Gasteiger partial charge in [-0.05, 0) is 17.7 Å². The second-order valence-electron chi connectivity index (χ2n) is 5.32. The molecule has 0 aromatic carbocycles. The van der Waals surface area contributed by atoms with Crippen LogP contribution in [0.5, 0.6) is 0 Å². The first-order chi connectivity index (χ1) is 10.7. The molecule has 1 N–H and O–H groups in total. The number of nitrogens with zero attached hydrogens (tertiary/aromatic N) is 2. The SMILES string of the molecule is CS(=O)(=O)C1=c2cc3c(nc2C(Cl)=C(O)C1)=CC=C([N+](=O)[O-])C3. The average molecular weight is 355 g/mol. The minimum atomic E-state index is -3.59. The van der Waals surface area contributed by atoms with E-state index in [1.807, 2.05) is 0 Å². The fourth-order valence-corrected chi connectivity index (χ4v) is 3.75. The summed E-state index contributed by atoms with van der Waals surface area (Å²) in [7, 11) is -3.59. The highest BCUT2D eigenvalue weighted by Crippen LogP contribution is 2.29. The van der Waals surface area contributed by atoms with Crippen molar-refractivity contribution in [1.29, 1.82) is 0 Å². The summed E-state index contributed by atoms with van der Waals surface area (Å²) >= 11 is 6.06. The molecule has 120 valence electrons. The summed E-state index contributed by atoms with van der Waals surface area (Å²) < 4.78 is 23.9. The molecule has 9 heteroatoms. The fourth-order valence-electron chi connectivity index (χ4n) is 2.58. The molecule has 1 aromatic heterocycles. The van der Waals surface area contributed by atoms with Gasteiger partial charge in [0.05, 0.1) is 27.3 Å². The number of pyridine rings is 1. The number of halogens is 1. The van der Waals surface area contributed by atoms with Gasteiger partial charge in [-0.1, -0.05) is 11.6 Å². The van der Waals surface area contributed by atoms with Crippen LogP contribution in [-0.2, 0) is 16.3 Å². The molecule has 2 aliphatic carbocycles. The van der Waals surface area contributed by atoms with Gasteiger partial charge in [0.25, 0.3) is 5.70 Å². The van der Waals surface area contributed by atoms with Crippen molar-refractivity contribution in [1.82, 2.24) is 4.98 Å². The van der Waals surface area contributed by atoms with Crippen LogP contribution in [0.4, 0.5) is 0 Å². The van der Waals surface area contributed by atoms with Gasteiger partial charge < -0.3 is 5.11 Å². The van der Waals surface area contributed by atoms with Crippen molar-refractivity contribution < 1.29 is 18.4 Å². The van der Waals surface area contributed by atoms with Crippen molar-refractivity contribution >= 4 is 37.5 Å². The Labute approximate surface area is 136 Å². The molecule has 0 bridgehead atoms. The number of hydrogen-bond donors (Lipinski definition) is 1. The molecule has 0 atom stereocenters. The van der Waals surface area contributed by atoms with Gasteiger partial charge in [-0.25, -0.2) is 13.4 Å². The Hall–Kier alpha value is -2.19. The molecule has 0 radical (unpaired) electrons. The number of aromatic nitrogens is 1. The van der Waals surface area contributed by atoms with Gasteiger partial charge in [0, 0.05) is 24.0 Å². The number of nitro groups is 1. The summed E-state index contributed by atoms with van der Waals surface area (Å²) in [6, 6.07) is 1.55. The van der Waals surface area contributed by atoms with Gasteiger partial charge in [0.2, 0.25) is 0 Å². The number of allylic oxidation sites excluding steroid dienone is 3. The molecule has 23 heavy (non-hydrogen) atoms. The van der Waals surface area contributed by atoms with E-state index in [0.717, 1.165) is 6.26 Å². The number of hydrogen-bond acceptors (Lipinski definition) is 6. The molecule has 7 nitrogen and oxygen atoms in total. The van der Waals surface area contributed by atoms with Crippen LogP contribution < -0.4 is 10.6 Å². The molecule has 1 heterocycles. The maximum Gasteiger partial charge on any atom is 0.250 e. The first kappa shape index (κ1) is 15.7. The van der Waals surface area contributed by atoms with Gasteiger partial charge in [-0.2, -0.15) is 0 Å². The van der Waals surface area contributed by atoms with Crippen LogP contribution in [0, 0.1) is 10.1 Å². The molecule has 0 saturated heterocycles. The van der Waals surface area contributed by atoms with Crippen molar-refractivity contribution in [2.24, 2.45) is 0 Å². The van der Waals surface area contributed by atoms with E-state index >= 15 is 0 Å². The zero-order valence-electron chi connectivity index (χ0n) is 11.9. The predicted octanol–water partition coefficient (Wildman–Crippen LogP) is 0.601. The summed E-state index contributed by atoms with van der Waals surface area (Å²) in [4.78, 5) is 14.7. The van der Waals surface area contributed by atoms with Crippen molar-refractivity contribution in [3.8, 4) is 0 Å².